The molecule has 1 saturated heterocycles. The standard InChI is InChI=1S/C13H17N3O3/c1-8-5-10(9(6-15-8)11(17)18)16-4-3-13(2,7-16)12(14)19/h5-6H,3-4,7H2,1-2H3,(H2,14,19)(H,17,18). The molecule has 1 fully saturated rings. The highest BCUT2D eigenvalue weighted by atomic mass is 16.4. The van der Waals surface area contributed by atoms with E-state index in [-0.39, 0.29) is 11.5 Å². The summed E-state index contributed by atoms with van der Waals surface area (Å²) < 4.78 is 0. The minimum absolute atomic E-state index is 0.152. The quantitative estimate of drug-likeness (QED) is 0.840. The monoisotopic (exact) mass is 263 g/mol. The number of primary amides is 1. The zero-order valence-corrected chi connectivity index (χ0v) is 11.0. The molecule has 1 unspecified atom stereocenters. The fourth-order valence-corrected chi connectivity index (χ4v) is 2.34. The molecule has 0 spiro atoms. The molecule has 0 aromatic carbocycles. The van der Waals surface area contributed by atoms with Crippen LogP contribution in [0.25, 0.3) is 0 Å². The predicted octanol–water partition coefficient (Wildman–Crippen LogP) is 0.790. The number of aryl methyl sites for hydroxylation is 1. The Kier molecular flexibility index (Phi) is 3.18. The highest BCUT2D eigenvalue weighted by Crippen LogP contribution is 2.34. The highest BCUT2D eigenvalue weighted by molar-refractivity contribution is 5.94. The summed E-state index contributed by atoms with van der Waals surface area (Å²) in [4.78, 5) is 28.6. The minimum Gasteiger partial charge on any atom is -0.478 e. The molecule has 1 aromatic heterocycles. The maximum absolute atomic E-state index is 11.5. The normalized spacial score (nSPS) is 22.5. The van der Waals surface area contributed by atoms with Crippen LogP contribution in [-0.4, -0.2) is 35.1 Å². The molecule has 1 atom stereocenters. The van der Waals surface area contributed by atoms with Crippen LogP contribution < -0.4 is 10.6 Å². The summed E-state index contributed by atoms with van der Waals surface area (Å²) >= 11 is 0. The Bertz CT molecular complexity index is 544. The molecule has 2 heterocycles. The zero-order chi connectivity index (χ0) is 14.2. The van der Waals surface area contributed by atoms with Gasteiger partial charge < -0.3 is 15.7 Å². The van der Waals surface area contributed by atoms with E-state index < -0.39 is 11.4 Å². The van der Waals surface area contributed by atoms with Crippen molar-refractivity contribution in [3.8, 4) is 0 Å². The van der Waals surface area contributed by atoms with E-state index in [1.165, 1.54) is 6.20 Å². The second-order valence-corrected chi connectivity index (χ2v) is 5.24. The van der Waals surface area contributed by atoms with Crippen molar-refractivity contribution < 1.29 is 14.7 Å². The molecule has 6 heteroatoms. The molecule has 1 aliphatic rings. The van der Waals surface area contributed by atoms with E-state index in [0.29, 0.717) is 25.2 Å². The number of anilines is 1. The Morgan fingerprint density at radius 3 is 2.74 bits per heavy atom. The molecular weight excluding hydrogens is 246 g/mol. The Morgan fingerprint density at radius 2 is 2.21 bits per heavy atom. The number of amides is 1. The number of nitrogens with two attached hydrogens (primary N) is 1. The number of aromatic nitrogens is 1. The van der Waals surface area contributed by atoms with Crippen molar-refractivity contribution in [2.24, 2.45) is 11.1 Å². The largest absolute Gasteiger partial charge is 0.478 e. The lowest BCUT2D eigenvalue weighted by molar-refractivity contribution is -0.125. The molecule has 0 radical (unpaired) electrons. The summed E-state index contributed by atoms with van der Waals surface area (Å²) in [5, 5.41) is 9.20. The van der Waals surface area contributed by atoms with Gasteiger partial charge >= 0.3 is 5.97 Å². The summed E-state index contributed by atoms with van der Waals surface area (Å²) in [6, 6.07) is 1.73. The van der Waals surface area contributed by atoms with Crippen LogP contribution in [0, 0.1) is 12.3 Å². The molecule has 2 rings (SSSR count). The molecule has 102 valence electrons. The van der Waals surface area contributed by atoms with Crippen LogP contribution in [0.5, 0.6) is 0 Å². The number of pyridine rings is 1. The smallest absolute Gasteiger partial charge is 0.339 e. The average Bonchev–Trinajstić information content (AvgIpc) is 2.73. The van der Waals surface area contributed by atoms with Crippen LogP contribution >= 0.6 is 0 Å². The topological polar surface area (TPSA) is 96.5 Å². The molecular formula is C13H17N3O3. The van der Waals surface area contributed by atoms with Crippen LogP contribution in [0.2, 0.25) is 0 Å². The van der Waals surface area contributed by atoms with Crippen molar-refractivity contribution in [1.82, 2.24) is 4.98 Å². The van der Waals surface area contributed by atoms with E-state index in [1.54, 1.807) is 13.0 Å². The molecule has 19 heavy (non-hydrogen) atoms. The third kappa shape index (κ3) is 2.38. The first-order chi connectivity index (χ1) is 8.83. The summed E-state index contributed by atoms with van der Waals surface area (Å²) in [6.45, 7) is 4.66. The Morgan fingerprint density at radius 1 is 1.53 bits per heavy atom. The molecule has 1 amide bonds. The predicted molar refractivity (Wildman–Crippen MR) is 70.1 cm³/mol. The van der Waals surface area contributed by atoms with Crippen molar-refractivity contribution in [3.63, 3.8) is 0 Å². The second kappa shape index (κ2) is 4.53. The summed E-state index contributed by atoms with van der Waals surface area (Å²) in [7, 11) is 0. The van der Waals surface area contributed by atoms with Crippen molar-refractivity contribution in [2.75, 3.05) is 18.0 Å². The van der Waals surface area contributed by atoms with Crippen molar-refractivity contribution in [2.45, 2.75) is 20.3 Å². The molecule has 1 aliphatic heterocycles. The number of rotatable bonds is 3. The van der Waals surface area contributed by atoms with E-state index in [4.69, 9.17) is 5.73 Å². The van der Waals surface area contributed by atoms with E-state index in [1.807, 2.05) is 11.8 Å². The third-order valence-electron chi connectivity index (χ3n) is 3.66. The number of carbonyl (C=O) groups excluding carboxylic acids is 1. The lowest BCUT2D eigenvalue weighted by Crippen LogP contribution is -2.37. The minimum atomic E-state index is -1.02. The van der Waals surface area contributed by atoms with E-state index in [0.717, 1.165) is 5.69 Å². The summed E-state index contributed by atoms with van der Waals surface area (Å²) in [5.41, 5.74) is 6.30. The maximum Gasteiger partial charge on any atom is 0.339 e. The van der Waals surface area contributed by atoms with E-state index >= 15 is 0 Å². The Labute approximate surface area is 111 Å². The number of carboxylic acid groups (broad SMARTS) is 1. The fourth-order valence-electron chi connectivity index (χ4n) is 2.34. The SMILES string of the molecule is Cc1cc(N2CCC(C)(C(N)=O)C2)c(C(=O)O)cn1. The van der Waals surface area contributed by atoms with Gasteiger partial charge in [0.1, 0.15) is 5.56 Å². The molecule has 1 aromatic rings. The van der Waals surface area contributed by atoms with Crippen LogP contribution in [0.15, 0.2) is 12.3 Å². The number of carbonyl (C=O) groups is 2. The summed E-state index contributed by atoms with van der Waals surface area (Å²) in [6.07, 6.45) is 1.98. The van der Waals surface area contributed by atoms with Crippen molar-refractivity contribution >= 4 is 17.6 Å². The maximum atomic E-state index is 11.5. The zero-order valence-electron chi connectivity index (χ0n) is 11.0. The van der Waals surface area contributed by atoms with Crippen molar-refractivity contribution in [1.29, 1.82) is 0 Å². The van der Waals surface area contributed by atoms with Crippen LogP contribution in [0.4, 0.5) is 5.69 Å². The van der Waals surface area contributed by atoms with Crippen LogP contribution in [-0.2, 0) is 4.79 Å². The van der Waals surface area contributed by atoms with Gasteiger partial charge in [0.2, 0.25) is 5.91 Å². The molecule has 0 aliphatic carbocycles. The van der Waals surface area contributed by atoms with E-state index in [2.05, 4.69) is 4.98 Å². The van der Waals surface area contributed by atoms with Gasteiger partial charge in [0, 0.05) is 25.0 Å². The first-order valence-electron chi connectivity index (χ1n) is 6.08. The molecule has 3 N–H and O–H groups in total. The number of aromatic carboxylic acids is 1. The van der Waals surface area contributed by atoms with Crippen LogP contribution in [0.1, 0.15) is 29.4 Å². The highest BCUT2D eigenvalue weighted by Gasteiger charge is 2.39. The fraction of sp³-hybridized carbons (Fsp3) is 0.462. The van der Waals surface area contributed by atoms with Gasteiger partial charge in [-0.3, -0.25) is 9.78 Å². The first-order valence-corrected chi connectivity index (χ1v) is 6.08. The van der Waals surface area contributed by atoms with Gasteiger partial charge in [-0.05, 0) is 26.3 Å². The lowest BCUT2D eigenvalue weighted by atomic mass is 9.89. The average molecular weight is 263 g/mol. The lowest BCUT2D eigenvalue weighted by Gasteiger charge is -2.23. The Balaban J connectivity index is 2.36. The number of hydrogen-bond donors (Lipinski definition) is 2. The molecule has 0 saturated carbocycles. The van der Waals surface area contributed by atoms with Gasteiger partial charge in [0.15, 0.2) is 0 Å². The van der Waals surface area contributed by atoms with Crippen LogP contribution in [0.3, 0.4) is 0 Å². The molecule has 0 bridgehead atoms. The van der Waals surface area contributed by atoms with Gasteiger partial charge in [-0.1, -0.05) is 0 Å². The van der Waals surface area contributed by atoms with Gasteiger partial charge in [-0.15, -0.1) is 0 Å². The van der Waals surface area contributed by atoms with Crippen molar-refractivity contribution in [3.05, 3.63) is 23.5 Å². The van der Waals surface area contributed by atoms with Gasteiger partial charge in [0.25, 0.3) is 0 Å². The first kappa shape index (κ1) is 13.3. The second-order valence-electron chi connectivity index (χ2n) is 5.24. The number of carboxylic acids is 1. The Hall–Kier alpha value is -2.11. The summed E-state index contributed by atoms with van der Waals surface area (Å²) in [5.74, 6) is -1.37. The van der Waals surface area contributed by atoms with E-state index in [9.17, 15) is 14.7 Å². The number of nitrogens with zero attached hydrogens (tertiary/aromatic N) is 2. The van der Waals surface area contributed by atoms with Gasteiger partial charge in [0.05, 0.1) is 11.1 Å². The number of hydrogen-bond acceptors (Lipinski definition) is 4. The molecule has 6 nitrogen and oxygen atoms in total. The van der Waals surface area contributed by atoms with Gasteiger partial charge in [-0.2, -0.15) is 0 Å². The van der Waals surface area contributed by atoms with Gasteiger partial charge in [-0.25, -0.2) is 4.79 Å². The third-order valence-corrected chi connectivity index (χ3v) is 3.66.